The molecule has 3 N–H and O–H groups in total. The highest BCUT2D eigenvalue weighted by Gasteiger charge is 2.24. The molecule has 1 rings (SSSR count). The molecular weight excluding hydrogens is 216 g/mol. The number of hydrogen-bond acceptors (Lipinski definition) is 4. The Morgan fingerprint density at radius 3 is 2.59 bits per heavy atom. The topological polar surface area (TPSA) is 64.3 Å². The Hall–Kier alpha value is -1.39. The number of nitrogens with one attached hydrogen (secondary N) is 1. The molecule has 0 saturated heterocycles. The zero-order chi connectivity index (χ0) is 12.7. The lowest BCUT2D eigenvalue weighted by Crippen LogP contribution is -2.44. The van der Waals surface area contributed by atoms with Gasteiger partial charge in [0.05, 0.1) is 7.11 Å². The van der Waals surface area contributed by atoms with Crippen molar-refractivity contribution in [3.8, 4) is 0 Å². The van der Waals surface area contributed by atoms with Crippen molar-refractivity contribution in [1.82, 2.24) is 5.32 Å². The van der Waals surface area contributed by atoms with Gasteiger partial charge in [0.1, 0.15) is 6.04 Å². The largest absolute Gasteiger partial charge is 0.468 e. The molecule has 0 spiro atoms. The van der Waals surface area contributed by atoms with E-state index in [2.05, 4.69) is 5.32 Å². The van der Waals surface area contributed by atoms with Crippen LogP contribution in [0.5, 0.6) is 0 Å². The van der Waals surface area contributed by atoms with E-state index in [0.29, 0.717) is 13.1 Å². The summed E-state index contributed by atoms with van der Waals surface area (Å²) in [5.74, 6) is -0.218. The van der Waals surface area contributed by atoms with Crippen LogP contribution in [0.1, 0.15) is 12.5 Å². The van der Waals surface area contributed by atoms with Crippen LogP contribution in [0.25, 0.3) is 0 Å². The summed E-state index contributed by atoms with van der Waals surface area (Å²) >= 11 is 0. The summed E-state index contributed by atoms with van der Waals surface area (Å²) in [7, 11) is 1.39. The molecule has 1 aromatic carbocycles. The number of nitrogens with two attached hydrogens (primary N) is 1. The van der Waals surface area contributed by atoms with Crippen LogP contribution < -0.4 is 11.1 Å². The van der Waals surface area contributed by atoms with Gasteiger partial charge < -0.3 is 15.8 Å². The Balaban J connectivity index is 2.58. The predicted octanol–water partition coefficient (Wildman–Crippen LogP) is 0.913. The smallest absolute Gasteiger partial charge is 0.323 e. The van der Waals surface area contributed by atoms with Crippen molar-refractivity contribution in [2.75, 3.05) is 13.7 Å². The first-order valence-electron chi connectivity index (χ1n) is 5.74. The van der Waals surface area contributed by atoms with E-state index >= 15 is 0 Å². The molecule has 0 aliphatic carbocycles. The lowest BCUT2D eigenvalue weighted by molar-refractivity contribution is -0.144. The zero-order valence-electron chi connectivity index (χ0n) is 10.3. The van der Waals surface area contributed by atoms with Crippen molar-refractivity contribution in [3.05, 3.63) is 35.9 Å². The third-order valence-corrected chi connectivity index (χ3v) is 2.76. The van der Waals surface area contributed by atoms with Crippen LogP contribution in [-0.4, -0.2) is 25.7 Å². The normalized spacial score (nSPS) is 14.1. The molecule has 0 aliphatic heterocycles. The first-order valence-corrected chi connectivity index (χ1v) is 5.74. The number of rotatable bonds is 6. The number of ether oxygens (including phenoxy) is 1. The summed E-state index contributed by atoms with van der Waals surface area (Å²) < 4.78 is 4.77. The fraction of sp³-hybridized carbons (Fsp3) is 0.462. The fourth-order valence-corrected chi connectivity index (χ4v) is 1.60. The molecule has 0 amide bonds. The summed E-state index contributed by atoms with van der Waals surface area (Å²) in [6.45, 7) is 3.01. The Morgan fingerprint density at radius 1 is 1.41 bits per heavy atom. The molecule has 2 unspecified atom stereocenters. The average Bonchev–Trinajstić information content (AvgIpc) is 2.39. The van der Waals surface area contributed by atoms with Crippen molar-refractivity contribution in [2.24, 2.45) is 11.7 Å². The molecule has 94 valence electrons. The Bertz CT molecular complexity index is 341. The molecule has 0 aliphatic rings. The second-order valence-corrected chi connectivity index (χ2v) is 4.08. The molecule has 0 radical (unpaired) electrons. The number of hydrogen-bond donors (Lipinski definition) is 2. The minimum Gasteiger partial charge on any atom is -0.468 e. The molecule has 1 aromatic rings. The lowest BCUT2D eigenvalue weighted by atomic mass is 10.0. The summed E-state index contributed by atoms with van der Waals surface area (Å²) in [5.41, 5.74) is 6.72. The first kappa shape index (κ1) is 13.7. The van der Waals surface area contributed by atoms with Gasteiger partial charge in [0.25, 0.3) is 0 Å². The Morgan fingerprint density at radius 2 is 2.06 bits per heavy atom. The average molecular weight is 236 g/mol. The second-order valence-electron chi connectivity index (χ2n) is 4.08. The van der Waals surface area contributed by atoms with Gasteiger partial charge in [0, 0.05) is 6.54 Å². The fourth-order valence-electron chi connectivity index (χ4n) is 1.60. The number of carbonyl (C=O) groups excluding carboxylic acids is 1. The molecule has 0 heterocycles. The minimum absolute atomic E-state index is 0.0474. The number of methoxy groups -OCH3 is 1. The van der Waals surface area contributed by atoms with Crippen LogP contribution in [-0.2, 0) is 16.1 Å². The molecule has 2 atom stereocenters. The van der Waals surface area contributed by atoms with Gasteiger partial charge in [-0.15, -0.1) is 0 Å². The molecule has 4 heteroatoms. The van der Waals surface area contributed by atoms with Gasteiger partial charge in [-0.25, -0.2) is 0 Å². The van der Waals surface area contributed by atoms with Gasteiger partial charge in [-0.1, -0.05) is 37.3 Å². The molecule has 17 heavy (non-hydrogen) atoms. The summed E-state index contributed by atoms with van der Waals surface area (Å²) in [6.07, 6.45) is 0. The van der Waals surface area contributed by atoms with Crippen LogP contribution in [0.4, 0.5) is 0 Å². The van der Waals surface area contributed by atoms with Gasteiger partial charge in [-0.2, -0.15) is 0 Å². The van der Waals surface area contributed by atoms with Crippen molar-refractivity contribution in [2.45, 2.75) is 19.5 Å². The minimum atomic E-state index is -0.356. The van der Waals surface area contributed by atoms with E-state index in [0.717, 1.165) is 5.56 Å². The predicted molar refractivity (Wildman–Crippen MR) is 67.3 cm³/mol. The van der Waals surface area contributed by atoms with Crippen LogP contribution in [0.2, 0.25) is 0 Å². The molecule has 0 saturated carbocycles. The number of carbonyl (C=O) groups is 1. The Kier molecular flexibility index (Phi) is 5.66. The summed E-state index contributed by atoms with van der Waals surface area (Å²) in [4.78, 5) is 11.6. The van der Waals surface area contributed by atoms with Crippen LogP contribution >= 0.6 is 0 Å². The van der Waals surface area contributed by atoms with E-state index in [9.17, 15) is 4.79 Å². The molecule has 0 fully saturated rings. The highest BCUT2D eigenvalue weighted by molar-refractivity contribution is 5.76. The highest BCUT2D eigenvalue weighted by Crippen LogP contribution is 2.05. The molecule has 0 bridgehead atoms. The molecule has 0 aromatic heterocycles. The van der Waals surface area contributed by atoms with E-state index in [4.69, 9.17) is 10.5 Å². The second kappa shape index (κ2) is 7.04. The summed E-state index contributed by atoms with van der Waals surface area (Å²) in [5, 5.41) is 3.18. The third-order valence-electron chi connectivity index (χ3n) is 2.76. The maximum absolute atomic E-state index is 11.6. The molecule has 4 nitrogen and oxygen atoms in total. The third kappa shape index (κ3) is 4.17. The van der Waals surface area contributed by atoms with Crippen molar-refractivity contribution in [1.29, 1.82) is 0 Å². The first-order chi connectivity index (χ1) is 8.19. The summed E-state index contributed by atoms with van der Waals surface area (Å²) in [6, 6.07) is 9.56. The van der Waals surface area contributed by atoms with Crippen molar-refractivity contribution < 1.29 is 9.53 Å². The van der Waals surface area contributed by atoms with E-state index < -0.39 is 0 Å². The van der Waals surface area contributed by atoms with Crippen LogP contribution in [0.3, 0.4) is 0 Å². The van der Waals surface area contributed by atoms with Crippen LogP contribution in [0, 0.1) is 5.92 Å². The van der Waals surface area contributed by atoms with Gasteiger partial charge in [-0.3, -0.25) is 4.79 Å². The maximum Gasteiger partial charge on any atom is 0.323 e. The number of esters is 1. The van der Waals surface area contributed by atoms with Gasteiger partial charge >= 0.3 is 5.97 Å². The van der Waals surface area contributed by atoms with E-state index in [1.165, 1.54) is 7.11 Å². The Labute approximate surface area is 102 Å². The highest BCUT2D eigenvalue weighted by atomic mass is 16.5. The zero-order valence-corrected chi connectivity index (χ0v) is 10.3. The van der Waals surface area contributed by atoms with Gasteiger partial charge in [-0.05, 0) is 18.0 Å². The van der Waals surface area contributed by atoms with Crippen molar-refractivity contribution in [3.63, 3.8) is 0 Å². The lowest BCUT2D eigenvalue weighted by Gasteiger charge is -2.21. The van der Waals surface area contributed by atoms with Crippen molar-refractivity contribution >= 4 is 5.97 Å². The maximum atomic E-state index is 11.6. The van der Waals surface area contributed by atoms with Gasteiger partial charge in [0.15, 0.2) is 0 Å². The SMILES string of the molecule is COC(=O)C(NCc1ccccc1)C(C)CN. The van der Waals surface area contributed by atoms with E-state index in [-0.39, 0.29) is 17.9 Å². The van der Waals surface area contributed by atoms with E-state index in [1.807, 2.05) is 37.3 Å². The number of benzene rings is 1. The molecular formula is C13H20N2O2. The quantitative estimate of drug-likeness (QED) is 0.721. The van der Waals surface area contributed by atoms with Gasteiger partial charge in [0.2, 0.25) is 0 Å². The van der Waals surface area contributed by atoms with Crippen LogP contribution in [0.15, 0.2) is 30.3 Å². The monoisotopic (exact) mass is 236 g/mol. The standard InChI is InChI=1S/C13H20N2O2/c1-10(8-14)12(13(16)17-2)15-9-11-6-4-3-5-7-11/h3-7,10,12,15H,8-9,14H2,1-2H3. The van der Waals surface area contributed by atoms with E-state index in [1.54, 1.807) is 0 Å².